The van der Waals surface area contributed by atoms with Crippen LogP contribution in [0.4, 0.5) is 0 Å². The molecule has 0 aliphatic carbocycles. The van der Waals surface area contributed by atoms with Crippen LogP contribution in [0, 0.1) is 0 Å². The summed E-state index contributed by atoms with van der Waals surface area (Å²) >= 11 is 11.7. The summed E-state index contributed by atoms with van der Waals surface area (Å²) in [5, 5.41) is 14.5. The van der Waals surface area contributed by atoms with Crippen molar-refractivity contribution in [2.75, 3.05) is 0 Å². The largest absolute Gasteiger partial charge is 0.504 e. The average molecular weight is 391 g/mol. The number of halogens is 2. The summed E-state index contributed by atoms with van der Waals surface area (Å²) in [7, 11) is 0. The van der Waals surface area contributed by atoms with Crippen LogP contribution in [0.15, 0.2) is 54.7 Å². The summed E-state index contributed by atoms with van der Waals surface area (Å²) in [5.74, 6) is -1.75. The van der Waals surface area contributed by atoms with Crippen molar-refractivity contribution in [3.8, 4) is 11.4 Å². The number of hydrogen-bond donors (Lipinski definition) is 3. The fraction of sp³-hybridized carbons (Fsp3) is 0. The predicted molar refractivity (Wildman–Crippen MR) is 96.6 cm³/mol. The minimum absolute atomic E-state index is 0.135. The Balaban J connectivity index is 1.71. The molecule has 0 fully saturated rings. The molecule has 2 amide bonds. The lowest BCUT2D eigenvalue weighted by atomic mass is 10.2. The number of nitrogens with one attached hydrogen (secondary N) is 2. The number of hydrazine groups is 1. The van der Waals surface area contributed by atoms with Gasteiger partial charge in [0.25, 0.3) is 11.8 Å². The summed E-state index contributed by atoms with van der Waals surface area (Å²) in [4.78, 5) is 24.3. The van der Waals surface area contributed by atoms with E-state index in [2.05, 4.69) is 16.0 Å². The summed E-state index contributed by atoms with van der Waals surface area (Å²) in [6, 6.07) is 13.3. The molecule has 0 saturated heterocycles. The van der Waals surface area contributed by atoms with Gasteiger partial charge in [-0.25, -0.2) is 4.68 Å². The number of benzene rings is 2. The molecule has 1 heterocycles. The van der Waals surface area contributed by atoms with Crippen LogP contribution in [0.1, 0.15) is 20.8 Å². The smallest absolute Gasteiger partial charge is 0.294 e. The van der Waals surface area contributed by atoms with Crippen molar-refractivity contribution in [1.29, 1.82) is 0 Å². The molecular weight excluding hydrogens is 379 g/mol. The van der Waals surface area contributed by atoms with Crippen LogP contribution >= 0.6 is 23.2 Å². The molecule has 132 valence electrons. The standard InChI is InChI=1S/C17H12Cl2N4O3/c18-10-6-7-12(13(19)8-10)16(25)20-21-17(26)15-14(24)9-23(22-15)11-4-2-1-3-5-11/h1-9,24H,(H,20,25)(H,21,26). The maximum Gasteiger partial charge on any atom is 0.294 e. The summed E-state index contributed by atoms with van der Waals surface area (Å²) < 4.78 is 1.35. The molecule has 0 aliphatic rings. The fourth-order valence-corrected chi connectivity index (χ4v) is 2.65. The lowest BCUT2D eigenvalue weighted by Gasteiger charge is -2.07. The number of hydrogen-bond acceptors (Lipinski definition) is 4. The topological polar surface area (TPSA) is 96.3 Å². The zero-order chi connectivity index (χ0) is 18.7. The van der Waals surface area contributed by atoms with E-state index in [0.29, 0.717) is 10.7 Å². The molecule has 3 N–H and O–H groups in total. The van der Waals surface area contributed by atoms with Crippen molar-refractivity contribution in [2.24, 2.45) is 0 Å². The van der Waals surface area contributed by atoms with E-state index in [1.54, 1.807) is 24.3 Å². The zero-order valence-corrected chi connectivity index (χ0v) is 14.6. The highest BCUT2D eigenvalue weighted by molar-refractivity contribution is 6.36. The van der Waals surface area contributed by atoms with E-state index in [0.717, 1.165) is 0 Å². The van der Waals surface area contributed by atoms with Gasteiger partial charge in [0.2, 0.25) is 0 Å². The molecule has 2 aromatic carbocycles. The maximum absolute atomic E-state index is 12.2. The van der Waals surface area contributed by atoms with Crippen molar-refractivity contribution >= 4 is 35.0 Å². The highest BCUT2D eigenvalue weighted by Gasteiger charge is 2.18. The molecule has 3 aromatic rings. The number of para-hydroxylation sites is 1. The first-order chi connectivity index (χ1) is 12.5. The van der Waals surface area contributed by atoms with Crippen molar-refractivity contribution in [3.63, 3.8) is 0 Å². The Hall–Kier alpha value is -3.03. The van der Waals surface area contributed by atoms with E-state index in [4.69, 9.17) is 23.2 Å². The number of rotatable bonds is 3. The third-order valence-corrected chi connectivity index (χ3v) is 3.94. The Morgan fingerprint density at radius 1 is 1.00 bits per heavy atom. The van der Waals surface area contributed by atoms with Crippen molar-refractivity contribution in [1.82, 2.24) is 20.6 Å². The molecule has 0 atom stereocenters. The summed E-state index contributed by atoms with van der Waals surface area (Å²) in [6.45, 7) is 0. The fourth-order valence-electron chi connectivity index (χ4n) is 2.15. The average Bonchev–Trinajstić information content (AvgIpc) is 3.02. The van der Waals surface area contributed by atoms with Gasteiger partial charge < -0.3 is 5.11 Å². The van der Waals surface area contributed by atoms with Crippen LogP contribution in [0.2, 0.25) is 10.0 Å². The SMILES string of the molecule is O=C(NNC(=O)c1nn(-c2ccccc2)cc1O)c1ccc(Cl)cc1Cl. The Morgan fingerprint density at radius 2 is 1.69 bits per heavy atom. The van der Waals surface area contributed by atoms with E-state index in [1.165, 1.54) is 29.1 Å². The van der Waals surface area contributed by atoms with Gasteiger partial charge in [-0.3, -0.25) is 20.4 Å². The second-order valence-electron chi connectivity index (χ2n) is 5.18. The van der Waals surface area contributed by atoms with Gasteiger partial charge in [-0.15, -0.1) is 0 Å². The van der Waals surface area contributed by atoms with Crippen LogP contribution in [-0.4, -0.2) is 26.7 Å². The molecular formula is C17H12Cl2N4O3. The first-order valence-electron chi connectivity index (χ1n) is 7.35. The Labute approximate surface area is 158 Å². The molecule has 9 heteroatoms. The normalized spacial score (nSPS) is 10.4. The van der Waals surface area contributed by atoms with Gasteiger partial charge in [0.05, 0.1) is 22.5 Å². The quantitative estimate of drug-likeness (QED) is 0.598. The van der Waals surface area contributed by atoms with E-state index >= 15 is 0 Å². The second kappa shape index (κ2) is 7.47. The number of carbonyl (C=O) groups is 2. The van der Waals surface area contributed by atoms with Gasteiger partial charge in [0, 0.05) is 5.02 Å². The van der Waals surface area contributed by atoms with Crippen LogP contribution < -0.4 is 10.9 Å². The second-order valence-corrected chi connectivity index (χ2v) is 6.02. The van der Waals surface area contributed by atoms with Crippen molar-refractivity contribution in [3.05, 3.63) is 76.0 Å². The third kappa shape index (κ3) is 3.79. The minimum Gasteiger partial charge on any atom is -0.504 e. The number of carbonyl (C=O) groups excluding carboxylic acids is 2. The molecule has 3 rings (SSSR count). The zero-order valence-electron chi connectivity index (χ0n) is 13.1. The van der Waals surface area contributed by atoms with Crippen molar-refractivity contribution < 1.29 is 14.7 Å². The molecule has 0 unspecified atom stereocenters. The van der Waals surface area contributed by atoms with Crippen LogP contribution in [-0.2, 0) is 0 Å². The number of nitrogens with zero attached hydrogens (tertiary/aromatic N) is 2. The molecule has 0 bridgehead atoms. The van der Waals surface area contributed by atoms with Crippen molar-refractivity contribution in [2.45, 2.75) is 0 Å². The molecule has 0 spiro atoms. The van der Waals surface area contributed by atoms with Crippen LogP contribution in [0.5, 0.6) is 5.75 Å². The lowest BCUT2D eigenvalue weighted by Crippen LogP contribution is -2.42. The Kier molecular flexibility index (Phi) is 5.11. The molecule has 0 aliphatic heterocycles. The maximum atomic E-state index is 12.2. The highest BCUT2D eigenvalue weighted by atomic mass is 35.5. The van der Waals surface area contributed by atoms with Gasteiger partial charge in [0.15, 0.2) is 11.4 Å². The first-order valence-corrected chi connectivity index (χ1v) is 8.11. The molecule has 1 aromatic heterocycles. The van der Waals surface area contributed by atoms with Gasteiger partial charge in [-0.1, -0.05) is 41.4 Å². The lowest BCUT2D eigenvalue weighted by molar-refractivity contribution is 0.0842. The van der Waals surface area contributed by atoms with E-state index < -0.39 is 11.8 Å². The van der Waals surface area contributed by atoms with Gasteiger partial charge in [-0.2, -0.15) is 5.10 Å². The van der Waals surface area contributed by atoms with E-state index in [9.17, 15) is 14.7 Å². The third-order valence-electron chi connectivity index (χ3n) is 3.40. The molecule has 26 heavy (non-hydrogen) atoms. The number of amides is 2. The number of aromatic hydroxyl groups is 1. The first kappa shape index (κ1) is 17.8. The van der Waals surface area contributed by atoms with E-state index in [1.807, 2.05) is 6.07 Å². The Bertz CT molecular complexity index is 973. The van der Waals surface area contributed by atoms with Gasteiger partial charge in [0.1, 0.15) is 0 Å². The highest BCUT2D eigenvalue weighted by Crippen LogP contribution is 2.21. The summed E-state index contributed by atoms with van der Waals surface area (Å²) in [5.41, 5.74) is 4.95. The summed E-state index contributed by atoms with van der Waals surface area (Å²) in [6.07, 6.45) is 1.29. The van der Waals surface area contributed by atoms with E-state index in [-0.39, 0.29) is 22.0 Å². The molecule has 0 saturated carbocycles. The number of aromatic nitrogens is 2. The minimum atomic E-state index is -0.782. The van der Waals surface area contributed by atoms with Crippen LogP contribution in [0.3, 0.4) is 0 Å². The molecule has 7 nitrogen and oxygen atoms in total. The Morgan fingerprint density at radius 3 is 2.38 bits per heavy atom. The van der Waals surface area contributed by atoms with Gasteiger partial charge >= 0.3 is 0 Å². The molecule has 0 radical (unpaired) electrons. The van der Waals surface area contributed by atoms with Gasteiger partial charge in [-0.05, 0) is 30.3 Å². The van der Waals surface area contributed by atoms with Crippen LogP contribution in [0.25, 0.3) is 5.69 Å². The predicted octanol–water partition coefficient (Wildman–Crippen LogP) is 2.96. The monoisotopic (exact) mass is 390 g/mol.